The molecule has 3 N–H and O–H groups in total. The number of ether oxygens (including phenoxy) is 1. The number of nitrogens with two attached hydrogens (primary N) is 1. The van der Waals surface area contributed by atoms with E-state index in [2.05, 4.69) is 17.1 Å². The first-order valence-electron chi connectivity index (χ1n) is 9.77. The van der Waals surface area contributed by atoms with Crippen LogP contribution in [0.2, 0.25) is 0 Å². The lowest BCUT2D eigenvalue weighted by atomic mass is 9.79. The van der Waals surface area contributed by atoms with Gasteiger partial charge >= 0.3 is 0 Å². The highest BCUT2D eigenvalue weighted by atomic mass is 32.2. The Morgan fingerprint density at radius 3 is 2.10 bits per heavy atom. The van der Waals surface area contributed by atoms with E-state index < -0.39 is 10.0 Å². The minimum atomic E-state index is -3.73. The quantitative estimate of drug-likeness (QED) is 0.780. The first-order valence-corrected chi connectivity index (χ1v) is 11.3. The normalized spacial score (nSPS) is 26.1. The Morgan fingerprint density at radius 1 is 1.03 bits per heavy atom. The van der Waals surface area contributed by atoms with Crippen molar-refractivity contribution >= 4 is 15.9 Å². The van der Waals surface area contributed by atoms with Crippen LogP contribution in [0.4, 0.5) is 0 Å². The highest BCUT2D eigenvalue weighted by Crippen LogP contribution is 2.32. The Labute approximate surface area is 170 Å². The molecule has 2 aromatic carbocycles. The molecule has 2 unspecified atom stereocenters. The van der Waals surface area contributed by atoms with Gasteiger partial charge in [0.1, 0.15) is 11.5 Å². The van der Waals surface area contributed by atoms with Crippen molar-refractivity contribution in [2.24, 2.45) is 11.1 Å². The topological polar surface area (TPSA) is 102 Å². The zero-order valence-corrected chi connectivity index (χ0v) is 17.1. The lowest BCUT2D eigenvalue weighted by Crippen LogP contribution is -2.62. The van der Waals surface area contributed by atoms with Gasteiger partial charge in [0.25, 0.3) is 5.91 Å². The number of fused-ring (bicyclic) bond motifs is 3. The summed E-state index contributed by atoms with van der Waals surface area (Å²) in [7, 11) is -3.73. The molecule has 154 valence electrons. The summed E-state index contributed by atoms with van der Waals surface area (Å²) >= 11 is 0. The van der Waals surface area contributed by atoms with Gasteiger partial charge in [-0.05, 0) is 87.3 Å². The van der Waals surface area contributed by atoms with Crippen molar-refractivity contribution < 1.29 is 17.9 Å². The Kier molecular flexibility index (Phi) is 5.33. The number of nitrogens with one attached hydrogen (secondary N) is 1. The predicted octanol–water partition coefficient (Wildman–Crippen LogP) is 2.34. The summed E-state index contributed by atoms with van der Waals surface area (Å²) in [5.74, 6) is 1.53. The Morgan fingerprint density at radius 2 is 1.59 bits per heavy atom. The van der Waals surface area contributed by atoms with Crippen LogP contribution in [0.5, 0.6) is 11.5 Å². The molecule has 8 heteroatoms. The number of amides is 1. The molecule has 0 spiro atoms. The summed E-state index contributed by atoms with van der Waals surface area (Å²) in [4.78, 5) is 15.2. The number of nitrogens with zero attached hydrogens (tertiary/aromatic N) is 1. The van der Waals surface area contributed by atoms with Crippen molar-refractivity contribution in [2.75, 3.05) is 13.1 Å². The average Bonchev–Trinajstić information content (AvgIpc) is 2.71. The van der Waals surface area contributed by atoms with Gasteiger partial charge < -0.3 is 10.1 Å². The van der Waals surface area contributed by atoms with E-state index in [1.54, 1.807) is 24.3 Å². The smallest absolute Gasteiger partial charge is 0.251 e. The van der Waals surface area contributed by atoms with E-state index >= 15 is 0 Å². The molecular formula is C21H25N3O4S. The zero-order valence-electron chi connectivity index (χ0n) is 16.2. The number of carbonyl (C=O) groups excluding carboxylic acids is 1. The first kappa shape index (κ1) is 19.9. The van der Waals surface area contributed by atoms with E-state index in [-0.39, 0.29) is 16.8 Å². The Balaban J connectivity index is 1.39. The number of primary sulfonamides is 1. The van der Waals surface area contributed by atoms with E-state index in [1.807, 2.05) is 0 Å². The van der Waals surface area contributed by atoms with E-state index in [1.165, 1.54) is 24.3 Å². The standard InChI is InChI=1S/C21H25N3O4S/c1-14-20(15-10-12-24(14)13-11-15)23-21(25)16-2-4-17(5-3-16)28-18-6-8-19(9-7-18)29(22,26)27/h2-9,14-15,20H,10-13H2,1H3,(H,23,25)(H2,22,26,27). The van der Waals surface area contributed by atoms with Gasteiger partial charge in [-0.3, -0.25) is 9.69 Å². The van der Waals surface area contributed by atoms with Crippen LogP contribution in [-0.4, -0.2) is 44.4 Å². The molecule has 0 aliphatic carbocycles. The van der Waals surface area contributed by atoms with Gasteiger partial charge in [0, 0.05) is 17.6 Å². The maximum absolute atomic E-state index is 12.7. The highest BCUT2D eigenvalue weighted by Gasteiger charge is 2.40. The second kappa shape index (κ2) is 7.78. The molecule has 29 heavy (non-hydrogen) atoms. The van der Waals surface area contributed by atoms with Crippen molar-refractivity contribution in [1.82, 2.24) is 10.2 Å². The van der Waals surface area contributed by atoms with Crippen LogP contribution >= 0.6 is 0 Å². The van der Waals surface area contributed by atoms with Crippen LogP contribution in [0.15, 0.2) is 53.4 Å². The zero-order chi connectivity index (χ0) is 20.6. The fourth-order valence-corrected chi connectivity index (χ4v) is 4.80. The molecule has 3 aliphatic heterocycles. The largest absolute Gasteiger partial charge is 0.457 e. The second-order valence-electron chi connectivity index (χ2n) is 7.76. The number of hydrogen-bond acceptors (Lipinski definition) is 5. The highest BCUT2D eigenvalue weighted by molar-refractivity contribution is 7.89. The van der Waals surface area contributed by atoms with Gasteiger partial charge in [0.05, 0.1) is 4.90 Å². The molecular weight excluding hydrogens is 390 g/mol. The number of piperidine rings is 3. The lowest BCUT2D eigenvalue weighted by Gasteiger charge is -2.49. The lowest BCUT2D eigenvalue weighted by molar-refractivity contribution is 0.0217. The van der Waals surface area contributed by atoms with Crippen LogP contribution in [0.1, 0.15) is 30.1 Å². The van der Waals surface area contributed by atoms with Gasteiger partial charge in [0.15, 0.2) is 0 Å². The SMILES string of the molecule is CC1C(NC(=O)c2ccc(Oc3ccc(S(N)(=O)=O)cc3)cc2)C2CCN1CC2. The molecule has 0 radical (unpaired) electrons. The molecule has 7 nitrogen and oxygen atoms in total. The molecule has 0 saturated carbocycles. The van der Waals surface area contributed by atoms with Gasteiger partial charge in [-0.25, -0.2) is 13.6 Å². The van der Waals surface area contributed by atoms with Crippen LogP contribution in [0.25, 0.3) is 0 Å². The minimum absolute atomic E-state index is 0.0267. The Bertz CT molecular complexity index is 980. The molecule has 2 bridgehead atoms. The minimum Gasteiger partial charge on any atom is -0.457 e. The van der Waals surface area contributed by atoms with Gasteiger partial charge in [0.2, 0.25) is 10.0 Å². The number of carbonyl (C=O) groups is 1. The van der Waals surface area contributed by atoms with Crippen molar-refractivity contribution in [1.29, 1.82) is 0 Å². The summed E-state index contributed by atoms with van der Waals surface area (Å²) in [6, 6.07) is 13.3. The second-order valence-corrected chi connectivity index (χ2v) is 9.32. The van der Waals surface area contributed by atoms with Crippen LogP contribution in [0.3, 0.4) is 0 Å². The van der Waals surface area contributed by atoms with Crippen LogP contribution in [-0.2, 0) is 10.0 Å². The third-order valence-electron chi connectivity index (χ3n) is 5.98. The average molecular weight is 416 g/mol. The molecule has 2 aromatic rings. The van der Waals surface area contributed by atoms with Crippen molar-refractivity contribution in [3.8, 4) is 11.5 Å². The van der Waals surface area contributed by atoms with Crippen molar-refractivity contribution in [2.45, 2.75) is 36.7 Å². The fraction of sp³-hybridized carbons (Fsp3) is 0.381. The van der Waals surface area contributed by atoms with Crippen molar-refractivity contribution in [3.05, 3.63) is 54.1 Å². The maximum Gasteiger partial charge on any atom is 0.251 e. The summed E-state index contributed by atoms with van der Waals surface area (Å²) < 4.78 is 28.3. The molecule has 0 aromatic heterocycles. The van der Waals surface area contributed by atoms with E-state index in [4.69, 9.17) is 9.88 Å². The maximum atomic E-state index is 12.7. The van der Waals surface area contributed by atoms with E-state index in [0.29, 0.717) is 29.0 Å². The Hall–Kier alpha value is -2.42. The number of sulfonamides is 1. The summed E-state index contributed by atoms with van der Waals surface area (Å²) in [5, 5.41) is 8.31. The van der Waals surface area contributed by atoms with Crippen molar-refractivity contribution in [3.63, 3.8) is 0 Å². The predicted molar refractivity (Wildman–Crippen MR) is 109 cm³/mol. The third-order valence-corrected chi connectivity index (χ3v) is 6.91. The molecule has 2 atom stereocenters. The fourth-order valence-electron chi connectivity index (χ4n) is 4.29. The first-order chi connectivity index (χ1) is 13.8. The number of rotatable bonds is 5. The monoisotopic (exact) mass is 415 g/mol. The third kappa shape index (κ3) is 4.29. The van der Waals surface area contributed by atoms with Crippen LogP contribution < -0.4 is 15.2 Å². The molecule has 3 fully saturated rings. The number of hydrogen-bond donors (Lipinski definition) is 2. The molecule has 3 saturated heterocycles. The van der Waals surface area contributed by atoms with E-state index in [9.17, 15) is 13.2 Å². The molecule has 5 rings (SSSR count). The molecule has 3 aliphatic rings. The van der Waals surface area contributed by atoms with Gasteiger partial charge in [-0.15, -0.1) is 0 Å². The molecule has 1 amide bonds. The van der Waals surface area contributed by atoms with Gasteiger partial charge in [-0.1, -0.05) is 0 Å². The van der Waals surface area contributed by atoms with Crippen LogP contribution in [0, 0.1) is 5.92 Å². The van der Waals surface area contributed by atoms with Gasteiger partial charge in [-0.2, -0.15) is 0 Å². The summed E-state index contributed by atoms with van der Waals surface area (Å²) in [6.45, 7) is 4.44. The number of benzene rings is 2. The summed E-state index contributed by atoms with van der Waals surface area (Å²) in [6.07, 6.45) is 2.29. The molecule has 3 heterocycles. The van der Waals surface area contributed by atoms with E-state index in [0.717, 1.165) is 25.9 Å². The summed E-state index contributed by atoms with van der Waals surface area (Å²) in [5.41, 5.74) is 0.588.